The van der Waals surface area contributed by atoms with E-state index in [9.17, 15) is 14.9 Å². The molecule has 0 bridgehead atoms. The number of non-ortho nitro benzene ring substituents is 1. The van der Waals surface area contributed by atoms with Gasteiger partial charge in [0.1, 0.15) is 5.82 Å². The van der Waals surface area contributed by atoms with Gasteiger partial charge in [-0.2, -0.15) is 0 Å². The largest absolute Gasteiger partial charge is 0.476 e. The minimum absolute atomic E-state index is 0.0214. The molecule has 1 aliphatic heterocycles. The summed E-state index contributed by atoms with van der Waals surface area (Å²) in [7, 11) is 0. The normalized spacial score (nSPS) is 14.9. The van der Waals surface area contributed by atoms with E-state index < -0.39 is 10.9 Å². The molecule has 2 N–H and O–H groups in total. The fraction of sp³-hybridized carbons (Fsp3) is 0.294. The van der Waals surface area contributed by atoms with Crippen molar-refractivity contribution in [1.82, 2.24) is 19.9 Å². The molecule has 11 nitrogen and oxygen atoms in total. The van der Waals surface area contributed by atoms with E-state index in [4.69, 9.17) is 5.11 Å². The van der Waals surface area contributed by atoms with E-state index in [0.29, 0.717) is 35.9 Å². The van der Waals surface area contributed by atoms with E-state index in [1.165, 1.54) is 24.5 Å². The Balaban J connectivity index is 1.50. The topological polar surface area (TPSA) is 141 Å². The first-order valence-electron chi connectivity index (χ1n) is 8.70. The Kier molecular flexibility index (Phi) is 4.47. The molecular formula is C17H17N7O4. The molecular weight excluding hydrogens is 366 g/mol. The maximum absolute atomic E-state index is 10.9. The zero-order valence-electron chi connectivity index (χ0n) is 14.8. The van der Waals surface area contributed by atoms with E-state index >= 15 is 0 Å². The van der Waals surface area contributed by atoms with Crippen LogP contribution >= 0.6 is 0 Å². The average Bonchev–Trinajstić information content (AvgIpc) is 2.96. The van der Waals surface area contributed by atoms with Crippen LogP contribution in [-0.4, -0.2) is 62.1 Å². The number of hydrogen-bond acceptors (Lipinski definition) is 8. The molecule has 1 saturated heterocycles. The summed E-state index contributed by atoms with van der Waals surface area (Å²) in [6.45, 7) is 2.85. The highest BCUT2D eigenvalue weighted by Crippen LogP contribution is 2.23. The maximum atomic E-state index is 10.9. The van der Waals surface area contributed by atoms with Crippen molar-refractivity contribution in [3.63, 3.8) is 0 Å². The molecule has 0 amide bonds. The highest BCUT2D eigenvalue weighted by molar-refractivity contribution is 5.85. The third kappa shape index (κ3) is 3.41. The summed E-state index contributed by atoms with van der Waals surface area (Å²) in [6.07, 6.45) is 3.57. The highest BCUT2D eigenvalue weighted by Gasteiger charge is 2.20. The van der Waals surface area contributed by atoms with Crippen molar-refractivity contribution >= 4 is 34.5 Å². The molecule has 0 saturated carbocycles. The van der Waals surface area contributed by atoms with Crippen LogP contribution in [0, 0.1) is 10.1 Å². The summed E-state index contributed by atoms with van der Waals surface area (Å²) in [5, 5.41) is 19.9. The number of aromatic amines is 1. The minimum Gasteiger partial charge on any atom is -0.476 e. The number of aromatic carboxylic acids is 1. The zero-order chi connectivity index (χ0) is 19.7. The lowest BCUT2D eigenvalue weighted by Gasteiger charge is -2.22. The number of nitrogens with zero attached hydrogens (tertiary/aromatic N) is 6. The van der Waals surface area contributed by atoms with Crippen molar-refractivity contribution in [3.8, 4) is 0 Å². The van der Waals surface area contributed by atoms with Crippen LogP contribution in [0.4, 0.5) is 17.5 Å². The third-order valence-electron chi connectivity index (χ3n) is 4.64. The fourth-order valence-electron chi connectivity index (χ4n) is 3.20. The Bertz CT molecular complexity index is 1030. The number of imidazole rings is 1. The number of carboxylic acids is 1. The van der Waals surface area contributed by atoms with Gasteiger partial charge in [0.2, 0.25) is 5.95 Å². The molecule has 11 heteroatoms. The number of H-pyrrole nitrogens is 1. The molecule has 0 atom stereocenters. The Morgan fingerprint density at radius 1 is 1.14 bits per heavy atom. The first kappa shape index (κ1) is 17.6. The van der Waals surface area contributed by atoms with Crippen molar-refractivity contribution in [3.05, 3.63) is 46.4 Å². The summed E-state index contributed by atoms with van der Waals surface area (Å²) < 4.78 is 0. The number of rotatable bonds is 4. The second kappa shape index (κ2) is 7.10. The van der Waals surface area contributed by atoms with Gasteiger partial charge in [-0.1, -0.05) is 0 Å². The van der Waals surface area contributed by atoms with Crippen LogP contribution in [0.25, 0.3) is 11.0 Å². The lowest BCUT2D eigenvalue weighted by molar-refractivity contribution is -0.384. The molecule has 0 aliphatic carbocycles. The molecule has 28 heavy (non-hydrogen) atoms. The van der Waals surface area contributed by atoms with Gasteiger partial charge in [0.25, 0.3) is 5.69 Å². The van der Waals surface area contributed by atoms with Gasteiger partial charge in [0.05, 0.1) is 28.4 Å². The summed E-state index contributed by atoms with van der Waals surface area (Å²) in [6, 6.07) is 4.56. The van der Waals surface area contributed by atoms with Crippen LogP contribution in [0.15, 0.2) is 30.6 Å². The Labute approximate surface area is 158 Å². The van der Waals surface area contributed by atoms with Crippen molar-refractivity contribution in [2.45, 2.75) is 6.42 Å². The molecule has 0 radical (unpaired) electrons. The SMILES string of the molecule is O=C(O)c1cnc(N2CCCN(c3nc4ccc([N+](=O)[O-])cc4[nH]3)CC2)cn1. The van der Waals surface area contributed by atoms with Crippen LogP contribution in [0.1, 0.15) is 16.9 Å². The predicted molar refractivity (Wildman–Crippen MR) is 101 cm³/mol. The van der Waals surface area contributed by atoms with Gasteiger partial charge in [-0.3, -0.25) is 10.1 Å². The second-order valence-electron chi connectivity index (χ2n) is 6.41. The second-order valence-corrected chi connectivity index (χ2v) is 6.41. The van der Waals surface area contributed by atoms with E-state index in [2.05, 4.69) is 24.8 Å². The minimum atomic E-state index is -1.11. The maximum Gasteiger partial charge on any atom is 0.356 e. The van der Waals surface area contributed by atoms with Crippen molar-refractivity contribution in [1.29, 1.82) is 0 Å². The number of nitro groups is 1. The number of hydrogen-bond donors (Lipinski definition) is 2. The molecule has 2 aromatic heterocycles. The Morgan fingerprint density at radius 3 is 2.64 bits per heavy atom. The number of carbonyl (C=O) groups is 1. The van der Waals surface area contributed by atoms with Crippen molar-refractivity contribution in [2.24, 2.45) is 0 Å². The average molecular weight is 383 g/mol. The number of fused-ring (bicyclic) bond motifs is 1. The van der Waals surface area contributed by atoms with Gasteiger partial charge in [-0.05, 0) is 12.5 Å². The van der Waals surface area contributed by atoms with Gasteiger partial charge in [0.15, 0.2) is 5.69 Å². The molecule has 4 rings (SSSR count). The summed E-state index contributed by atoms with van der Waals surface area (Å²) in [5.74, 6) is 0.197. The molecule has 3 aromatic rings. The molecule has 1 aromatic carbocycles. The number of carboxylic acid groups (broad SMARTS) is 1. The third-order valence-corrected chi connectivity index (χ3v) is 4.64. The molecule has 3 heterocycles. The van der Waals surface area contributed by atoms with E-state index in [0.717, 1.165) is 19.5 Å². The zero-order valence-corrected chi connectivity index (χ0v) is 14.8. The fourth-order valence-corrected chi connectivity index (χ4v) is 3.20. The molecule has 1 aliphatic rings. The first-order chi connectivity index (χ1) is 13.5. The molecule has 1 fully saturated rings. The summed E-state index contributed by atoms with van der Waals surface area (Å²) in [4.78, 5) is 41.4. The van der Waals surface area contributed by atoms with E-state index in [-0.39, 0.29) is 11.4 Å². The number of benzene rings is 1. The quantitative estimate of drug-likeness (QED) is 0.508. The molecule has 144 valence electrons. The number of anilines is 2. The van der Waals surface area contributed by atoms with Crippen LogP contribution in [0.2, 0.25) is 0 Å². The highest BCUT2D eigenvalue weighted by atomic mass is 16.6. The van der Waals surface area contributed by atoms with E-state index in [1.807, 2.05) is 4.90 Å². The van der Waals surface area contributed by atoms with E-state index in [1.54, 1.807) is 6.07 Å². The summed E-state index contributed by atoms with van der Waals surface area (Å²) in [5.41, 5.74) is 1.24. The Hall–Kier alpha value is -3.76. The number of nitrogens with one attached hydrogen (secondary N) is 1. The van der Waals surface area contributed by atoms with Gasteiger partial charge < -0.3 is 19.9 Å². The van der Waals surface area contributed by atoms with Gasteiger partial charge >= 0.3 is 5.97 Å². The summed E-state index contributed by atoms with van der Waals surface area (Å²) >= 11 is 0. The van der Waals surface area contributed by atoms with Gasteiger partial charge in [-0.15, -0.1) is 0 Å². The smallest absolute Gasteiger partial charge is 0.356 e. The predicted octanol–water partition coefficient (Wildman–Crippen LogP) is 1.68. The monoisotopic (exact) mass is 383 g/mol. The van der Waals surface area contributed by atoms with Gasteiger partial charge in [0, 0.05) is 38.3 Å². The molecule has 0 unspecified atom stereocenters. The van der Waals surface area contributed by atoms with Crippen LogP contribution < -0.4 is 9.80 Å². The van der Waals surface area contributed by atoms with Crippen LogP contribution in [-0.2, 0) is 0 Å². The standard InChI is InChI=1S/C17H17N7O4/c25-16(26)14-9-19-15(10-18-14)22-4-1-5-23(7-6-22)17-20-12-3-2-11(24(27)28)8-13(12)21-17/h2-3,8-10H,1,4-7H2,(H,20,21)(H,25,26). The lowest BCUT2D eigenvalue weighted by atomic mass is 10.3. The van der Waals surface area contributed by atoms with Gasteiger partial charge in [-0.25, -0.2) is 19.7 Å². The van der Waals surface area contributed by atoms with Crippen LogP contribution in [0.3, 0.4) is 0 Å². The lowest BCUT2D eigenvalue weighted by Crippen LogP contribution is -2.31. The number of nitro benzene ring substituents is 1. The van der Waals surface area contributed by atoms with Crippen molar-refractivity contribution < 1.29 is 14.8 Å². The first-order valence-corrected chi connectivity index (χ1v) is 8.70. The molecule has 0 spiro atoms. The Morgan fingerprint density at radius 2 is 1.93 bits per heavy atom. The van der Waals surface area contributed by atoms with Crippen LogP contribution in [0.5, 0.6) is 0 Å². The number of aromatic nitrogens is 4. The van der Waals surface area contributed by atoms with Crippen molar-refractivity contribution in [2.75, 3.05) is 36.0 Å².